The molecule has 10 nitrogen and oxygen atoms in total. The number of esters is 1. The molecule has 2 aromatic rings. The highest BCUT2D eigenvalue weighted by atomic mass is 32.2. The van der Waals surface area contributed by atoms with Crippen LogP contribution in [0, 0.1) is 29.6 Å². The number of anilines is 1. The lowest BCUT2D eigenvalue weighted by Gasteiger charge is -2.37. The van der Waals surface area contributed by atoms with Crippen LogP contribution in [-0.4, -0.2) is 50.5 Å². The zero-order chi connectivity index (χ0) is 26.5. The fourth-order valence-corrected chi connectivity index (χ4v) is 7.32. The highest BCUT2D eigenvalue weighted by Gasteiger charge is 2.80. The Kier molecular flexibility index (Phi) is 6.48. The van der Waals surface area contributed by atoms with Crippen molar-refractivity contribution in [3.8, 4) is 5.88 Å². The molecule has 4 atom stereocenters. The Hall–Kier alpha value is -3.21. The monoisotopic (exact) mass is 516 g/mol. The molecule has 2 aliphatic rings. The minimum Gasteiger partial charge on any atom is -0.481 e. The van der Waals surface area contributed by atoms with Gasteiger partial charge < -0.3 is 14.8 Å². The zero-order valence-electron chi connectivity index (χ0n) is 21.3. The third-order valence-electron chi connectivity index (χ3n) is 7.88. The molecule has 1 heterocycles. The Balaban J connectivity index is 1.72. The van der Waals surface area contributed by atoms with E-state index in [1.165, 1.54) is 38.5 Å². The molecule has 2 aliphatic carbocycles. The Bertz CT molecular complexity index is 1310. The average molecular weight is 517 g/mol. The molecule has 2 N–H and O–H groups in total. The van der Waals surface area contributed by atoms with E-state index >= 15 is 0 Å². The second kappa shape index (κ2) is 9.02. The normalized spacial score (nSPS) is 26.3. The molecule has 4 unspecified atom stereocenters. The summed E-state index contributed by atoms with van der Waals surface area (Å²) < 4.78 is 39.0. The molecule has 2 fully saturated rings. The standard InChI is InChI=1S/C25H32N4O6S/c1-14-11-12-18-24(3,4)25(18,20(14)28-23-26-15(2)13-19(27-23)34-5)22(31)29-36(32,33)17-10-8-7-9-16(17)21(30)35-6/h7-10,13-14,18,20H,11-12H2,1-6H3,(H,29,31)(H,26,27,28). The van der Waals surface area contributed by atoms with Crippen LogP contribution in [-0.2, 0) is 19.6 Å². The van der Waals surface area contributed by atoms with Crippen molar-refractivity contribution in [3.05, 3.63) is 41.6 Å². The van der Waals surface area contributed by atoms with Crippen molar-refractivity contribution in [1.82, 2.24) is 14.7 Å². The first-order valence-corrected chi connectivity index (χ1v) is 13.3. The van der Waals surface area contributed by atoms with Crippen molar-refractivity contribution < 1.29 is 27.5 Å². The quantitative estimate of drug-likeness (QED) is 0.532. The van der Waals surface area contributed by atoms with Crippen LogP contribution in [0.4, 0.5) is 5.95 Å². The summed E-state index contributed by atoms with van der Waals surface area (Å²) in [5, 5.41) is 3.35. The maximum atomic E-state index is 13.9. The van der Waals surface area contributed by atoms with E-state index in [0.717, 1.165) is 12.8 Å². The number of aryl methyl sites for hydroxylation is 1. The summed E-state index contributed by atoms with van der Waals surface area (Å²) in [5.41, 5.74) is -0.959. The van der Waals surface area contributed by atoms with Gasteiger partial charge in [-0.1, -0.05) is 32.9 Å². The molecule has 0 spiro atoms. The highest BCUT2D eigenvalue weighted by Crippen LogP contribution is 2.75. The van der Waals surface area contributed by atoms with E-state index in [2.05, 4.69) is 20.0 Å². The summed E-state index contributed by atoms with van der Waals surface area (Å²) in [4.78, 5) is 34.7. The summed E-state index contributed by atoms with van der Waals surface area (Å²) in [6.45, 7) is 7.82. The van der Waals surface area contributed by atoms with E-state index in [1.54, 1.807) is 6.07 Å². The van der Waals surface area contributed by atoms with Gasteiger partial charge in [-0.15, -0.1) is 0 Å². The number of nitrogens with zero attached hydrogens (tertiary/aromatic N) is 2. The van der Waals surface area contributed by atoms with Gasteiger partial charge in [0.2, 0.25) is 17.7 Å². The second-order valence-electron chi connectivity index (χ2n) is 10.1. The van der Waals surface area contributed by atoms with Crippen LogP contribution in [0.2, 0.25) is 0 Å². The van der Waals surface area contributed by atoms with E-state index in [0.29, 0.717) is 17.5 Å². The fourth-order valence-electron chi connectivity index (χ4n) is 6.09. The first-order chi connectivity index (χ1) is 16.9. The van der Waals surface area contributed by atoms with Gasteiger partial charge in [-0.05, 0) is 49.1 Å². The van der Waals surface area contributed by atoms with Crippen LogP contribution in [0.25, 0.3) is 0 Å². The van der Waals surface area contributed by atoms with Crippen molar-refractivity contribution >= 4 is 27.8 Å². The van der Waals surface area contributed by atoms with Gasteiger partial charge in [-0.2, -0.15) is 4.98 Å². The second-order valence-corrected chi connectivity index (χ2v) is 11.8. The van der Waals surface area contributed by atoms with Crippen LogP contribution in [0.15, 0.2) is 35.2 Å². The number of carbonyl (C=O) groups is 2. The van der Waals surface area contributed by atoms with Crippen molar-refractivity contribution in [1.29, 1.82) is 0 Å². The summed E-state index contributed by atoms with van der Waals surface area (Å²) in [7, 11) is -1.68. The van der Waals surface area contributed by atoms with Crippen LogP contribution >= 0.6 is 0 Å². The Morgan fingerprint density at radius 3 is 2.47 bits per heavy atom. The molecular formula is C25H32N4O6S. The van der Waals surface area contributed by atoms with Crippen LogP contribution in [0.1, 0.15) is 49.7 Å². The van der Waals surface area contributed by atoms with E-state index < -0.39 is 38.8 Å². The number of hydrogen-bond acceptors (Lipinski definition) is 9. The lowest BCUT2D eigenvalue weighted by atomic mass is 9.75. The molecule has 0 aliphatic heterocycles. The third kappa shape index (κ3) is 3.99. The van der Waals surface area contributed by atoms with E-state index in [9.17, 15) is 18.0 Å². The smallest absolute Gasteiger partial charge is 0.339 e. The van der Waals surface area contributed by atoms with Gasteiger partial charge in [0.1, 0.15) is 4.90 Å². The Morgan fingerprint density at radius 2 is 1.81 bits per heavy atom. The molecule has 2 saturated carbocycles. The number of hydrogen-bond donors (Lipinski definition) is 2. The number of methoxy groups -OCH3 is 2. The third-order valence-corrected chi connectivity index (χ3v) is 9.27. The molecule has 0 bridgehead atoms. The lowest BCUT2D eigenvalue weighted by molar-refractivity contribution is -0.127. The molecule has 1 amide bonds. The molecule has 11 heteroatoms. The predicted octanol–water partition coefficient (Wildman–Crippen LogP) is 2.94. The SMILES string of the molecule is COC(=O)c1ccccc1S(=O)(=O)NC(=O)C12C(Nc3nc(C)cc(OC)n3)C(C)CCC1C2(C)C. The van der Waals surface area contributed by atoms with Gasteiger partial charge >= 0.3 is 5.97 Å². The molecule has 1 aromatic heterocycles. The van der Waals surface area contributed by atoms with Gasteiger partial charge in [-0.3, -0.25) is 4.79 Å². The number of sulfonamides is 1. The molecule has 0 radical (unpaired) electrons. The zero-order valence-corrected chi connectivity index (χ0v) is 22.1. The number of aromatic nitrogens is 2. The van der Waals surface area contributed by atoms with E-state index in [-0.39, 0.29) is 22.3 Å². The number of fused-ring (bicyclic) bond motifs is 1. The van der Waals surface area contributed by atoms with Crippen molar-refractivity contribution in [2.75, 3.05) is 19.5 Å². The average Bonchev–Trinajstić information content (AvgIpc) is 3.35. The number of nitrogens with one attached hydrogen (secondary N) is 2. The summed E-state index contributed by atoms with van der Waals surface area (Å²) in [6, 6.07) is 6.92. The topological polar surface area (TPSA) is 137 Å². The molecular weight excluding hydrogens is 484 g/mol. The number of rotatable bonds is 7. The molecule has 4 rings (SSSR count). The molecule has 36 heavy (non-hydrogen) atoms. The van der Waals surface area contributed by atoms with Gasteiger partial charge in [0, 0.05) is 17.8 Å². The number of amides is 1. The van der Waals surface area contributed by atoms with Crippen LogP contribution in [0.3, 0.4) is 0 Å². The highest BCUT2D eigenvalue weighted by molar-refractivity contribution is 7.90. The van der Waals surface area contributed by atoms with Gasteiger partial charge in [0.05, 0.1) is 25.2 Å². The van der Waals surface area contributed by atoms with E-state index in [1.807, 2.05) is 27.7 Å². The maximum absolute atomic E-state index is 13.9. The van der Waals surface area contributed by atoms with Crippen molar-refractivity contribution in [2.24, 2.45) is 22.7 Å². The van der Waals surface area contributed by atoms with E-state index in [4.69, 9.17) is 9.47 Å². The summed E-state index contributed by atoms with van der Waals surface area (Å²) >= 11 is 0. The largest absolute Gasteiger partial charge is 0.481 e. The van der Waals surface area contributed by atoms with Gasteiger partial charge in [0.15, 0.2) is 0 Å². The first-order valence-electron chi connectivity index (χ1n) is 11.8. The molecule has 0 saturated heterocycles. The van der Waals surface area contributed by atoms with Crippen LogP contribution in [0.5, 0.6) is 5.88 Å². The minimum absolute atomic E-state index is 0.0361. The lowest BCUT2D eigenvalue weighted by Crippen LogP contribution is -2.52. The Morgan fingerprint density at radius 1 is 1.11 bits per heavy atom. The number of benzene rings is 1. The first kappa shape index (κ1) is 25.9. The fraction of sp³-hybridized carbons (Fsp3) is 0.520. The van der Waals surface area contributed by atoms with Crippen molar-refractivity contribution in [2.45, 2.75) is 51.5 Å². The Labute approximate surface area is 211 Å². The summed E-state index contributed by atoms with van der Waals surface area (Å²) in [6.07, 6.45) is 1.65. The summed E-state index contributed by atoms with van der Waals surface area (Å²) in [5.74, 6) is -0.715. The van der Waals surface area contributed by atoms with Crippen LogP contribution < -0.4 is 14.8 Å². The number of carbonyl (C=O) groups excluding carboxylic acids is 2. The molecule has 194 valence electrons. The minimum atomic E-state index is -4.37. The predicted molar refractivity (Wildman–Crippen MR) is 132 cm³/mol. The van der Waals surface area contributed by atoms with Gasteiger partial charge in [0.25, 0.3) is 10.0 Å². The maximum Gasteiger partial charge on any atom is 0.339 e. The van der Waals surface area contributed by atoms with Crippen molar-refractivity contribution in [3.63, 3.8) is 0 Å². The number of ether oxygens (including phenoxy) is 2. The molecule has 1 aromatic carbocycles. The van der Waals surface area contributed by atoms with Gasteiger partial charge in [-0.25, -0.2) is 22.9 Å².